The number of aliphatic hydroxyl groups is 4. The van der Waals surface area contributed by atoms with Crippen LogP contribution in [0.5, 0.6) is 0 Å². The monoisotopic (exact) mass is 302 g/mol. The van der Waals surface area contributed by atoms with Crippen molar-refractivity contribution >= 4 is 20.0 Å². The van der Waals surface area contributed by atoms with Crippen molar-refractivity contribution < 1.29 is 33.6 Å². The van der Waals surface area contributed by atoms with Crippen molar-refractivity contribution in [3.63, 3.8) is 0 Å². The maximum Gasteiger partial charge on any atom is 0.141 e. The van der Waals surface area contributed by atoms with Gasteiger partial charge >= 0.3 is 0 Å². The van der Waals surface area contributed by atoms with Gasteiger partial charge in [0.2, 0.25) is 0 Å². The molecule has 1 aliphatic rings. The molecule has 1 fully saturated rings. The summed E-state index contributed by atoms with van der Waals surface area (Å²) < 4.78 is 21.2. The Kier molecular flexibility index (Phi) is 5.87. The van der Waals surface area contributed by atoms with Crippen LogP contribution < -0.4 is 0 Å². The molecule has 0 radical (unpaired) electrons. The van der Waals surface area contributed by atoms with Gasteiger partial charge in [-0.2, -0.15) is 0 Å². The lowest BCUT2D eigenvalue weighted by atomic mass is 9.94. The van der Waals surface area contributed by atoms with Crippen LogP contribution in [0.25, 0.3) is 0 Å². The summed E-state index contributed by atoms with van der Waals surface area (Å²) in [6, 6.07) is 0. The quantitative estimate of drug-likeness (QED) is 0.441. The molecular weight excluding hydrogens is 284 g/mol. The van der Waals surface area contributed by atoms with E-state index in [9.17, 15) is 19.5 Å². The largest absolute Gasteiger partial charge is 0.394 e. The average Bonchev–Trinajstić information content (AvgIpc) is 2.27. The van der Waals surface area contributed by atoms with Gasteiger partial charge in [0.15, 0.2) is 0 Å². The Morgan fingerprint density at radius 3 is 2.28 bits per heavy atom. The van der Waals surface area contributed by atoms with E-state index in [4.69, 9.17) is 14.0 Å². The SMILES string of the molecule is CS(=O)(=S)OCC[C@@H]1O[C@H](CO)[C@H](O)[C@H](O)[C@H]1O. The van der Waals surface area contributed by atoms with E-state index in [0.29, 0.717) is 0 Å². The topological polar surface area (TPSA) is 116 Å². The maximum atomic E-state index is 11.1. The van der Waals surface area contributed by atoms with Crippen molar-refractivity contribution in [2.24, 2.45) is 0 Å². The van der Waals surface area contributed by atoms with Gasteiger partial charge in [-0.25, -0.2) is 4.21 Å². The van der Waals surface area contributed by atoms with Crippen LogP contribution in [0.1, 0.15) is 6.42 Å². The van der Waals surface area contributed by atoms with E-state index in [1.54, 1.807) is 0 Å². The van der Waals surface area contributed by atoms with E-state index in [2.05, 4.69) is 11.2 Å². The Morgan fingerprint density at radius 2 is 1.78 bits per heavy atom. The van der Waals surface area contributed by atoms with E-state index in [1.165, 1.54) is 6.26 Å². The standard InChI is InChI=1S/C9H18O7S2/c1-18(14,17)15-3-2-5-7(11)9(13)8(12)6(4-10)16-5/h5-13H,2-4H2,1H3/t5-,6+,7-,8-,9+,18?/m0/s1. The molecule has 1 heterocycles. The van der Waals surface area contributed by atoms with Crippen LogP contribution >= 0.6 is 0 Å². The lowest BCUT2D eigenvalue weighted by Gasteiger charge is -2.40. The first-order valence-electron chi connectivity index (χ1n) is 5.41. The summed E-state index contributed by atoms with van der Waals surface area (Å²) in [5, 5.41) is 37.7. The second-order valence-corrected chi connectivity index (χ2v) is 7.64. The molecule has 1 saturated heterocycles. The third-order valence-electron chi connectivity index (χ3n) is 2.69. The second-order valence-electron chi connectivity index (χ2n) is 4.18. The highest BCUT2D eigenvalue weighted by Crippen LogP contribution is 2.23. The molecule has 18 heavy (non-hydrogen) atoms. The summed E-state index contributed by atoms with van der Waals surface area (Å²) in [4.78, 5) is 0. The molecule has 7 nitrogen and oxygen atoms in total. The van der Waals surface area contributed by atoms with Crippen molar-refractivity contribution in [1.29, 1.82) is 0 Å². The minimum Gasteiger partial charge on any atom is -0.394 e. The predicted molar refractivity (Wildman–Crippen MR) is 65.8 cm³/mol. The Hall–Kier alpha value is 0.130. The number of hydrogen-bond acceptors (Lipinski definition) is 8. The molecular formula is C9H18O7S2. The fourth-order valence-corrected chi connectivity index (χ4v) is 2.34. The number of hydrogen-bond donors (Lipinski definition) is 4. The fraction of sp³-hybridized carbons (Fsp3) is 1.00. The van der Waals surface area contributed by atoms with Crippen LogP contribution in [0, 0.1) is 0 Å². The maximum absolute atomic E-state index is 11.1. The average molecular weight is 302 g/mol. The minimum atomic E-state index is -2.75. The number of ether oxygens (including phenoxy) is 1. The van der Waals surface area contributed by atoms with Gasteiger partial charge in [0, 0.05) is 23.9 Å². The van der Waals surface area contributed by atoms with E-state index in [-0.39, 0.29) is 13.0 Å². The van der Waals surface area contributed by atoms with Crippen LogP contribution in [0.2, 0.25) is 0 Å². The minimum absolute atomic E-state index is 0.0124. The second kappa shape index (κ2) is 6.53. The predicted octanol–water partition coefficient (Wildman–Crippen LogP) is -2.47. The van der Waals surface area contributed by atoms with Gasteiger partial charge in [-0.3, -0.25) is 4.18 Å². The smallest absolute Gasteiger partial charge is 0.141 e. The molecule has 108 valence electrons. The van der Waals surface area contributed by atoms with Gasteiger partial charge in [-0.05, 0) is 0 Å². The third-order valence-corrected chi connectivity index (χ3v) is 3.57. The first-order valence-corrected chi connectivity index (χ1v) is 8.23. The van der Waals surface area contributed by atoms with Crippen molar-refractivity contribution in [1.82, 2.24) is 0 Å². The van der Waals surface area contributed by atoms with E-state index in [0.717, 1.165) is 0 Å². The molecule has 4 N–H and O–H groups in total. The summed E-state index contributed by atoms with van der Waals surface area (Å²) >= 11 is 4.54. The molecule has 0 bridgehead atoms. The third kappa shape index (κ3) is 4.35. The van der Waals surface area contributed by atoms with Crippen LogP contribution in [0.15, 0.2) is 0 Å². The molecule has 0 aromatic rings. The van der Waals surface area contributed by atoms with Gasteiger partial charge in [0.05, 0.1) is 19.3 Å². The highest BCUT2D eigenvalue weighted by atomic mass is 32.8. The molecule has 6 atom stereocenters. The lowest BCUT2D eigenvalue weighted by molar-refractivity contribution is -0.231. The van der Waals surface area contributed by atoms with Crippen LogP contribution in [0.4, 0.5) is 0 Å². The number of aliphatic hydroxyl groups excluding tert-OH is 4. The first-order chi connectivity index (χ1) is 8.26. The summed E-state index contributed by atoms with van der Waals surface area (Å²) in [6.45, 7) is -0.491. The molecule has 1 aliphatic heterocycles. The Bertz CT molecular complexity index is 356. The molecule has 0 aromatic carbocycles. The summed E-state index contributed by atoms with van der Waals surface area (Å²) in [7, 11) is -2.75. The van der Waals surface area contributed by atoms with Crippen LogP contribution in [-0.4, -0.2) is 74.6 Å². The zero-order chi connectivity index (χ0) is 13.9. The Balaban J connectivity index is 2.54. The highest BCUT2D eigenvalue weighted by Gasteiger charge is 2.42. The van der Waals surface area contributed by atoms with Gasteiger partial charge in [-0.15, -0.1) is 0 Å². The molecule has 0 spiro atoms. The molecule has 0 saturated carbocycles. The Morgan fingerprint density at radius 1 is 1.22 bits per heavy atom. The van der Waals surface area contributed by atoms with Crippen molar-refractivity contribution in [3.05, 3.63) is 0 Å². The van der Waals surface area contributed by atoms with E-state index in [1.807, 2.05) is 0 Å². The van der Waals surface area contributed by atoms with Crippen molar-refractivity contribution in [2.45, 2.75) is 36.9 Å². The van der Waals surface area contributed by atoms with E-state index >= 15 is 0 Å². The zero-order valence-corrected chi connectivity index (χ0v) is 11.5. The van der Waals surface area contributed by atoms with E-state index < -0.39 is 45.9 Å². The number of rotatable bonds is 5. The molecule has 0 amide bonds. The molecule has 0 aromatic heterocycles. The first kappa shape index (κ1) is 16.2. The van der Waals surface area contributed by atoms with Crippen LogP contribution in [-0.2, 0) is 28.9 Å². The summed E-state index contributed by atoms with van der Waals surface area (Å²) in [5.41, 5.74) is 0. The lowest BCUT2D eigenvalue weighted by Crippen LogP contribution is -2.58. The summed E-state index contributed by atoms with van der Waals surface area (Å²) in [6.07, 6.45) is -4.45. The van der Waals surface area contributed by atoms with Gasteiger partial charge in [0.1, 0.15) is 33.2 Å². The van der Waals surface area contributed by atoms with Crippen LogP contribution in [0.3, 0.4) is 0 Å². The molecule has 1 unspecified atom stereocenters. The molecule has 9 heteroatoms. The van der Waals surface area contributed by atoms with Crippen molar-refractivity contribution in [3.8, 4) is 0 Å². The highest BCUT2D eigenvalue weighted by molar-refractivity contribution is 8.29. The van der Waals surface area contributed by atoms with Crippen molar-refractivity contribution in [2.75, 3.05) is 19.5 Å². The fourth-order valence-electron chi connectivity index (χ4n) is 1.73. The zero-order valence-electron chi connectivity index (χ0n) is 9.84. The molecule has 1 rings (SSSR count). The summed E-state index contributed by atoms with van der Waals surface area (Å²) in [5.74, 6) is 0. The van der Waals surface area contributed by atoms with Gasteiger partial charge in [0.25, 0.3) is 0 Å². The normalized spacial score (nSPS) is 40.4. The Labute approximate surface area is 110 Å². The van der Waals surface area contributed by atoms with Gasteiger partial charge in [-0.1, -0.05) is 0 Å². The molecule has 0 aliphatic carbocycles. The van der Waals surface area contributed by atoms with Gasteiger partial charge < -0.3 is 25.2 Å².